The molecule has 0 saturated heterocycles. The van der Waals surface area contributed by atoms with E-state index in [2.05, 4.69) is 27.2 Å². The van der Waals surface area contributed by atoms with E-state index in [1.54, 1.807) is 7.05 Å². The van der Waals surface area contributed by atoms with Crippen LogP contribution in [0.15, 0.2) is 4.99 Å². The van der Waals surface area contributed by atoms with Gasteiger partial charge in [-0.15, -0.1) is 24.0 Å². The first-order chi connectivity index (χ1) is 10.2. The number of aliphatic imine (C=N–C) groups is 1. The van der Waals surface area contributed by atoms with Crippen molar-refractivity contribution < 1.29 is 4.79 Å². The lowest BCUT2D eigenvalue weighted by Gasteiger charge is -2.17. The van der Waals surface area contributed by atoms with E-state index in [-0.39, 0.29) is 29.9 Å². The molecule has 1 amide bonds. The van der Waals surface area contributed by atoms with Crippen LogP contribution in [0.1, 0.15) is 44.9 Å². The fraction of sp³-hybridized carbons (Fsp3) is 0.867. The highest BCUT2D eigenvalue weighted by Gasteiger charge is 2.24. The van der Waals surface area contributed by atoms with E-state index in [1.807, 2.05) is 11.8 Å². The van der Waals surface area contributed by atoms with E-state index < -0.39 is 0 Å². The molecule has 0 heterocycles. The Balaban J connectivity index is 0.00000242. The van der Waals surface area contributed by atoms with Crippen molar-refractivity contribution in [2.24, 2.45) is 4.99 Å². The summed E-state index contributed by atoms with van der Waals surface area (Å²) in [6.45, 7) is 0.788. The molecular weight excluding hydrogens is 411 g/mol. The summed E-state index contributed by atoms with van der Waals surface area (Å²) in [4.78, 5) is 15.8. The topological polar surface area (TPSA) is 65.5 Å². The van der Waals surface area contributed by atoms with E-state index >= 15 is 0 Å². The first-order valence-corrected chi connectivity index (χ1v) is 9.29. The Bertz CT molecular complexity index is 377. The highest BCUT2D eigenvalue weighted by Crippen LogP contribution is 2.27. The Labute approximate surface area is 155 Å². The third kappa shape index (κ3) is 7.39. The van der Waals surface area contributed by atoms with Crippen molar-refractivity contribution in [3.63, 3.8) is 0 Å². The Morgan fingerprint density at radius 2 is 1.91 bits per heavy atom. The average molecular weight is 440 g/mol. The molecule has 0 bridgehead atoms. The zero-order valence-corrected chi connectivity index (χ0v) is 16.7. The monoisotopic (exact) mass is 440 g/mol. The van der Waals surface area contributed by atoms with Gasteiger partial charge < -0.3 is 16.0 Å². The molecule has 2 aliphatic rings. The zero-order valence-electron chi connectivity index (χ0n) is 13.6. The molecule has 0 aromatic rings. The molecule has 2 fully saturated rings. The summed E-state index contributed by atoms with van der Waals surface area (Å²) in [5, 5.41) is 10.6. The van der Waals surface area contributed by atoms with E-state index in [0.29, 0.717) is 18.5 Å². The van der Waals surface area contributed by atoms with Gasteiger partial charge in [-0.3, -0.25) is 9.79 Å². The van der Waals surface area contributed by atoms with Gasteiger partial charge in [-0.05, 0) is 44.8 Å². The summed E-state index contributed by atoms with van der Waals surface area (Å²) in [5.74, 6) is 1.05. The molecule has 0 radical (unpaired) electrons. The maximum Gasteiger partial charge on any atom is 0.220 e. The van der Waals surface area contributed by atoms with Crippen molar-refractivity contribution in [3.8, 4) is 0 Å². The van der Waals surface area contributed by atoms with Crippen LogP contribution in [-0.2, 0) is 4.79 Å². The Morgan fingerprint density at radius 1 is 1.18 bits per heavy atom. The molecule has 2 atom stereocenters. The molecule has 2 aliphatic carbocycles. The van der Waals surface area contributed by atoms with Crippen molar-refractivity contribution in [1.29, 1.82) is 0 Å². The molecule has 2 unspecified atom stereocenters. The van der Waals surface area contributed by atoms with Crippen molar-refractivity contribution in [1.82, 2.24) is 16.0 Å². The van der Waals surface area contributed by atoms with Crippen LogP contribution in [0.5, 0.6) is 0 Å². The molecule has 0 aromatic heterocycles. The fourth-order valence-corrected chi connectivity index (χ4v) is 3.45. The number of rotatable bonds is 7. The standard InChI is InChI=1S/C15H28N4OS.HI/c1-16-15(19-12-7-8-13(10-12)21-2)17-9-3-4-14(20)18-11-5-6-11;/h11-13H,3-10H2,1-2H3,(H,18,20)(H2,16,17,19);1H. The molecule has 2 rings (SSSR count). The fourth-order valence-electron chi connectivity index (χ4n) is 2.66. The van der Waals surface area contributed by atoms with Crippen LogP contribution in [0, 0.1) is 0 Å². The third-order valence-electron chi connectivity index (χ3n) is 4.10. The number of carbonyl (C=O) groups excluding carboxylic acids is 1. The first-order valence-electron chi connectivity index (χ1n) is 8.00. The number of carbonyl (C=O) groups is 1. The van der Waals surface area contributed by atoms with Crippen LogP contribution in [0.3, 0.4) is 0 Å². The van der Waals surface area contributed by atoms with Crippen molar-refractivity contribution in [3.05, 3.63) is 0 Å². The van der Waals surface area contributed by atoms with E-state index in [1.165, 1.54) is 19.3 Å². The largest absolute Gasteiger partial charge is 0.356 e. The predicted molar refractivity (Wildman–Crippen MR) is 105 cm³/mol. The minimum atomic E-state index is 0. The van der Waals surface area contributed by atoms with Crippen LogP contribution < -0.4 is 16.0 Å². The quantitative estimate of drug-likeness (QED) is 0.246. The SMILES string of the molecule is CN=C(NCCCC(=O)NC1CC1)NC1CCC(SC)C1.I. The third-order valence-corrected chi connectivity index (χ3v) is 5.19. The number of thioether (sulfide) groups is 1. The second-order valence-corrected chi connectivity index (χ2v) is 7.09. The van der Waals surface area contributed by atoms with Gasteiger partial charge in [0, 0.05) is 37.3 Å². The average Bonchev–Trinajstić information content (AvgIpc) is 3.17. The molecule has 0 aromatic carbocycles. The molecular formula is C15H29IN4OS. The van der Waals surface area contributed by atoms with Crippen molar-refractivity contribution in [2.45, 2.75) is 62.3 Å². The molecule has 22 heavy (non-hydrogen) atoms. The molecule has 128 valence electrons. The highest BCUT2D eigenvalue weighted by molar-refractivity contribution is 14.0. The minimum Gasteiger partial charge on any atom is -0.356 e. The number of guanidine groups is 1. The molecule has 3 N–H and O–H groups in total. The molecule has 2 saturated carbocycles. The van der Waals surface area contributed by atoms with E-state index in [9.17, 15) is 4.79 Å². The van der Waals surface area contributed by atoms with Gasteiger partial charge in [-0.25, -0.2) is 0 Å². The van der Waals surface area contributed by atoms with E-state index in [4.69, 9.17) is 0 Å². The minimum absolute atomic E-state index is 0. The number of nitrogens with one attached hydrogen (secondary N) is 3. The van der Waals surface area contributed by atoms with Crippen LogP contribution in [0.25, 0.3) is 0 Å². The summed E-state index contributed by atoms with van der Waals surface area (Å²) in [6, 6.07) is 0.999. The summed E-state index contributed by atoms with van der Waals surface area (Å²) < 4.78 is 0. The highest BCUT2D eigenvalue weighted by atomic mass is 127. The van der Waals surface area contributed by atoms with Crippen LogP contribution in [-0.4, -0.2) is 49.0 Å². The number of amides is 1. The smallest absolute Gasteiger partial charge is 0.220 e. The van der Waals surface area contributed by atoms with Crippen molar-refractivity contribution in [2.75, 3.05) is 19.8 Å². The van der Waals surface area contributed by atoms with Crippen LogP contribution in [0.2, 0.25) is 0 Å². The Morgan fingerprint density at radius 3 is 2.50 bits per heavy atom. The summed E-state index contributed by atoms with van der Waals surface area (Å²) in [5.41, 5.74) is 0. The second kappa shape index (κ2) is 10.6. The Hall–Kier alpha value is -0.180. The summed E-state index contributed by atoms with van der Waals surface area (Å²) >= 11 is 1.96. The number of hydrogen-bond acceptors (Lipinski definition) is 3. The van der Waals surface area contributed by atoms with Gasteiger partial charge in [-0.1, -0.05) is 0 Å². The van der Waals surface area contributed by atoms with Gasteiger partial charge in [0.05, 0.1) is 0 Å². The Kier molecular flexibility index (Phi) is 9.54. The molecule has 5 nitrogen and oxygen atoms in total. The first kappa shape index (κ1) is 19.9. The molecule has 7 heteroatoms. The summed E-state index contributed by atoms with van der Waals surface area (Å²) in [7, 11) is 1.80. The van der Waals surface area contributed by atoms with Crippen molar-refractivity contribution >= 4 is 47.6 Å². The lowest BCUT2D eigenvalue weighted by Crippen LogP contribution is -2.43. The second-order valence-electron chi connectivity index (χ2n) is 5.96. The van der Waals surface area contributed by atoms with Crippen LogP contribution in [0.4, 0.5) is 0 Å². The maximum atomic E-state index is 11.6. The van der Waals surface area contributed by atoms with Gasteiger partial charge in [0.25, 0.3) is 0 Å². The summed E-state index contributed by atoms with van der Waals surface area (Å²) in [6.07, 6.45) is 9.65. The van der Waals surface area contributed by atoms with Gasteiger partial charge in [0.2, 0.25) is 5.91 Å². The van der Waals surface area contributed by atoms with Crippen LogP contribution >= 0.6 is 35.7 Å². The molecule has 0 aliphatic heterocycles. The van der Waals surface area contributed by atoms with Gasteiger partial charge in [0.15, 0.2) is 5.96 Å². The maximum absolute atomic E-state index is 11.6. The number of nitrogens with zero attached hydrogens (tertiary/aromatic N) is 1. The lowest BCUT2D eigenvalue weighted by molar-refractivity contribution is -0.121. The number of hydrogen-bond donors (Lipinski definition) is 3. The zero-order chi connectivity index (χ0) is 15.1. The molecule has 0 spiro atoms. The van der Waals surface area contributed by atoms with Gasteiger partial charge in [-0.2, -0.15) is 11.8 Å². The van der Waals surface area contributed by atoms with Gasteiger partial charge in [0.1, 0.15) is 0 Å². The van der Waals surface area contributed by atoms with E-state index in [0.717, 1.165) is 37.0 Å². The lowest BCUT2D eigenvalue weighted by atomic mass is 10.2. The van der Waals surface area contributed by atoms with Gasteiger partial charge >= 0.3 is 0 Å². The number of halogens is 1. The normalized spacial score (nSPS) is 24.5. The predicted octanol–water partition coefficient (Wildman–Crippen LogP) is 2.11.